The van der Waals surface area contributed by atoms with Gasteiger partial charge in [-0.15, -0.1) is 10.2 Å². The lowest BCUT2D eigenvalue weighted by atomic mass is 9.71. The average Bonchev–Trinajstić information content (AvgIpc) is 3.29. The van der Waals surface area contributed by atoms with E-state index >= 15 is 0 Å². The molecule has 4 heterocycles. The van der Waals surface area contributed by atoms with Crippen LogP contribution < -0.4 is 4.90 Å². The van der Waals surface area contributed by atoms with Gasteiger partial charge >= 0.3 is 0 Å². The molecule has 0 N–H and O–H groups in total. The number of hydrogen-bond acceptors (Lipinski definition) is 6. The molecule has 0 spiro atoms. The van der Waals surface area contributed by atoms with E-state index in [0.29, 0.717) is 6.42 Å². The van der Waals surface area contributed by atoms with Gasteiger partial charge in [0.05, 0.1) is 17.0 Å². The van der Waals surface area contributed by atoms with Gasteiger partial charge in [-0.1, -0.05) is 6.42 Å². The summed E-state index contributed by atoms with van der Waals surface area (Å²) in [5.74, 6) is 1.72. The Hall–Kier alpha value is -2.95. The van der Waals surface area contributed by atoms with E-state index in [-0.39, 0.29) is 16.7 Å². The largest absolute Gasteiger partial charge is 0.366 e. The van der Waals surface area contributed by atoms with Crippen molar-refractivity contribution < 1.29 is 4.92 Å². The smallest absolute Gasteiger partial charge is 0.269 e. The molecule has 2 aromatic rings. The third-order valence-electron chi connectivity index (χ3n) is 6.58. The Morgan fingerprint density at radius 1 is 1.21 bits per heavy atom. The lowest BCUT2D eigenvalue weighted by molar-refractivity contribution is -0.384. The number of hydrogen-bond donors (Lipinski definition) is 0. The highest BCUT2D eigenvalue weighted by Gasteiger charge is 2.53. The Balaban J connectivity index is 1.68. The van der Waals surface area contributed by atoms with Crippen molar-refractivity contribution in [2.45, 2.75) is 62.9 Å². The van der Waals surface area contributed by atoms with Crippen LogP contribution in [0.25, 0.3) is 0 Å². The van der Waals surface area contributed by atoms with E-state index in [1.165, 1.54) is 0 Å². The van der Waals surface area contributed by atoms with Gasteiger partial charge in [-0.3, -0.25) is 10.1 Å². The molecule has 0 aliphatic carbocycles. The summed E-state index contributed by atoms with van der Waals surface area (Å²) >= 11 is 0. The van der Waals surface area contributed by atoms with Gasteiger partial charge in [0.25, 0.3) is 5.69 Å². The van der Waals surface area contributed by atoms with Crippen LogP contribution >= 0.6 is 0 Å². The number of nitrogens with zero attached hydrogens (tertiary/aromatic N) is 6. The Morgan fingerprint density at radius 3 is 2.93 bits per heavy atom. The van der Waals surface area contributed by atoms with E-state index in [1.54, 1.807) is 12.1 Å². The number of nitro benzene ring substituents is 1. The van der Waals surface area contributed by atoms with Crippen LogP contribution in [0.15, 0.2) is 18.2 Å². The first-order valence-corrected chi connectivity index (χ1v) is 10.0. The minimum absolute atomic E-state index is 0.0306. The van der Waals surface area contributed by atoms with Gasteiger partial charge < -0.3 is 9.47 Å². The number of anilines is 1. The highest BCUT2D eigenvalue weighted by Crippen LogP contribution is 2.47. The first kappa shape index (κ1) is 17.2. The summed E-state index contributed by atoms with van der Waals surface area (Å²) in [5.41, 5.74) is 1.13. The molecule has 1 aromatic heterocycles. The number of non-ortho nitro benzene ring substituents is 1. The van der Waals surface area contributed by atoms with Gasteiger partial charge in [-0.25, -0.2) is 0 Å². The second-order valence-electron chi connectivity index (χ2n) is 8.08. The predicted octanol–water partition coefficient (Wildman–Crippen LogP) is 2.90. The summed E-state index contributed by atoms with van der Waals surface area (Å²) < 4.78 is 2.16. The maximum atomic E-state index is 11.3. The number of benzene rings is 1. The van der Waals surface area contributed by atoms with Crippen LogP contribution in [0.5, 0.6) is 0 Å². The summed E-state index contributed by atoms with van der Waals surface area (Å²) in [4.78, 5) is 13.2. The molecule has 0 unspecified atom stereocenters. The van der Waals surface area contributed by atoms with Crippen molar-refractivity contribution >= 4 is 11.4 Å². The Bertz CT molecular complexity index is 993. The number of aromatic nitrogens is 3. The second kappa shape index (κ2) is 6.30. The topological polar surface area (TPSA) is 101 Å². The van der Waals surface area contributed by atoms with Crippen molar-refractivity contribution in [1.82, 2.24) is 14.8 Å². The maximum absolute atomic E-state index is 11.3. The fourth-order valence-electron chi connectivity index (χ4n) is 5.30. The van der Waals surface area contributed by atoms with Gasteiger partial charge in [0, 0.05) is 43.8 Å². The highest BCUT2D eigenvalue weighted by atomic mass is 16.6. The quantitative estimate of drug-likeness (QED) is 0.588. The van der Waals surface area contributed by atoms with Gasteiger partial charge in [-0.2, -0.15) is 5.26 Å². The minimum atomic E-state index is -0.825. The van der Waals surface area contributed by atoms with Crippen molar-refractivity contribution in [1.29, 1.82) is 5.26 Å². The van der Waals surface area contributed by atoms with Gasteiger partial charge in [0.1, 0.15) is 11.2 Å². The fourth-order valence-corrected chi connectivity index (χ4v) is 5.30. The maximum Gasteiger partial charge on any atom is 0.269 e. The van der Waals surface area contributed by atoms with Crippen molar-refractivity contribution in [3.05, 3.63) is 45.5 Å². The molecule has 2 atom stereocenters. The zero-order valence-electron chi connectivity index (χ0n) is 15.7. The summed E-state index contributed by atoms with van der Waals surface area (Å²) in [7, 11) is 0. The van der Waals surface area contributed by atoms with Crippen LogP contribution in [0.3, 0.4) is 0 Å². The van der Waals surface area contributed by atoms with Crippen LogP contribution in [-0.2, 0) is 24.8 Å². The van der Waals surface area contributed by atoms with Gasteiger partial charge in [0.15, 0.2) is 5.82 Å². The first-order valence-electron chi connectivity index (χ1n) is 10.0. The average molecular weight is 378 g/mol. The number of nitriles is 1. The SMILES string of the molecule is N#C[C@]1(c2nnc3n2CCCCC3)Cc2cc([N+](=O)[O-])ccc2N2CCC[C@@H]21. The van der Waals surface area contributed by atoms with Crippen LogP contribution in [0, 0.1) is 21.4 Å². The van der Waals surface area contributed by atoms with E-state index in [1.807, 2.05) is 6.07 Å². The molecule has 0 radical (unpaired) electrons. The van der Waals surface area contributed by atoms with E-state index in [0.717, 1.165) is 74.5 Å². The molecule has 0 bridgehead atoms. The number of aryl methyl sites for hydroxylation is 1. The normalized spacial score (nSPS) is 26.0. The van der Waals surface area contributed by atoms with E-state index in [2.05, 4.69) is 25.7 Å². The van der Waals surface area contributed by atoms with Crippen LogP contribution in [0.2, 0.25) is 0 Å². The zero-order chi connectivity index (χ0) is 19.3. The second-order valence-corrected chi connectivity index (χ2v) is 8.08. The zero-order valence-corrected chi connectivity index (χ0v) is 15.7. The van der Waals surface area contributed by atoms with Gasteiger partial charge in [0.2, 0.25) is 0 Å². The van der Waals surface area contributed by atoms with E-state index < -0.39 is 5.41 Å². The number of rotatable bonds is 2. The van der Waals surface area contributed by atoms with E-state index in [4.69, 9.17) is 0 Å². The van der Waals surface area contributed by atoms with Crippen molar-refractivity contribution in [2.75, 3.05) is 11.4 Å². The third kappa shape index (κ3) is 2.35. The summed E-state index contributed by atoms with van der Waals surface area (Å²) in [6, 6.07) is 7.69. The molecule has 1 fully saturated rings. The molecule has 28 heavy (non-hydrogen) atoms. The molecular weight excluding hydrogens is 356 g/mol. The number of nitro groups is 1. The predicted molar refractivity (Wildman–Crippen MR) is 102 cm³/mol. The molecule has 8 heteroatoms. The third-order valence-corrected chi connectivity index (χ3v) is 6.58. The van der Waals surface area contributed by atoms with Crippen molar-refractivity contribution in [3.8, 4) is 6.07 Å². The molecule has 3 aliphatic heterocycles. The molecule has 1 aromatic carbocycles. The minimum Gasteiger partial charge on any atom is -0.366 e. The molecule has 1 saturated heterocycles. The highest BCUT2D eigenvalue weighted by molar-refractivity contribution is 5.64. The molecule has 3 aliphatic rings. The van der Waals surface area contributed by atoms with Crippen LogP contribution in [0.1, 0.15) is 49.3 Å². The lowest BCUT2D eigenvalue weighted by Crippen LogP contribution is -2.53. The first-order chi connectivity index (χ1) is 13.6. The van der Waals surface area contributed by atoms with Gasteiger partial charge in [-0.05, 0) is 37.3 Å². The standard InChI is InChI=1S/C20H22N6O2/c21-13-20(19-23-22-18-6-2-1-3-9-25(18)19)12-14-11-15(26(27)28)7-8-16(14)24-10-4-5-17(20)24/h7-8,11,17H,1-6,9-10,12H2/t17-,20-/m1/s1. The van der Waals surface area contributed by atoms with Crippen molar-refractivity contribution in [3.63, 3.8) is 0 Å². The molecule has 0 amide bonds. The summed E-state index contributed by atoms with van der Waals surface area (Å²) in [6.45, 7) is 1.70. The van der Waals surface area contributed by atoms with E-state index in [9.17, 15) is 15.4 Å². The lowest BCUT2D eigenvalue weighted by Gasteiger charge is -2.44. The molecule has 8 nitrogen and oxygen atoms in total. The molecule has 144 valence electrons. The Morgan fingerprint density at radius 2 is 2.11 bits per heavy atom. The Kier molecular flexibility index (Phi) is 3.86. The summed E-state index contributed by atoms with van der Waals surface area (Å²) in [5, 5.41) is 30.7. The Labute approximate surface area is 162 Å². The molecule has 5 rings (SSSR count). The summed E-state index contributed by atoms with van der Waals surface area (Å²) in [6.07, 6.45) is 6.59. The van der Waals surface area contributed by atoms with Crippen LogP contribution in [0.4, 0.5) is 11.4 Å². The fraction of sp³-hybridized carbons (Fsp3) is 0.550. The monoisotopic (exact) mass is 378 g/mol. The molecular formula is C20H22N6O2. The number of fused-ring (bicyclic) bond motifs is 4. The molecule has 0 saturated carbocycles. The van der Waals surface area contributed by atoms with Crippen LogP contribution in [-0.4, -0.2) is 32.3 Å². The van der Waals surface area contributed by atoms with Crippen molar-refractivity contribution in [2.24, 2.45) is 0 Å².